The van der Waals surface area contributed by atoms with Crippen LogP contribution in [0.3, 0.4) is 0 Å². The van der Waals surface area contributed by atoms with Crippen molar-refractivity contribution in [3.8, 4) is 0 Å². The molecular formula is C27H29N3O3. The van der Waals surface area contributed by atoms with Gasteiger partial charge in [-0.05, 0) is 70.4 Å². The van der Waals surface area contributed by atoms with E-state index in [0.29, 0.717) is 24.3 Å². The summed E-state index contributed by atoms with van der Waals surface area (Å²) in [5.74, 6) is 0.666. The fourth-order valence-corrected chi connectivity index (χ4v) is 4.32. The van der Waals surface area contributed by atoms with E-state index in [0.717, 1.165) is 52.3 Å². The molecule has 1 aliphatic carbocycles. The van der Waals surface area contributed by atoms with E-state index in [2.05, 4.69) is 10.5 Å². The summed E-state index contributed by atoms with van der Waals surface area (Å²) in [7, 11) is 0. The van der Waals surface area contributed by atoms with Crippen LogP contribution < -0.4 is 10.3 Å². The van der Waals surface area contributed by atoms with E-state index in [1.165, 1.54) is 0 Å². The molecule has 0 aliphatic heterocycles. The number of aryl methyl sites for hydroxylation is 3. The molecule has 1 N–H and O–H groups in total. The number of hydrazone groups is 1. The number of nitrogens with zero attached hydrogens (tertiary/aromatic N) is 2. The quantitative estimate of drug-likeness (QED) is 0.541. The third-order valence-electron chi connectivity index (χ3n) is 5.97. The predicted molar refractivity (Wildman–Crippen MR) is 130 cm³/mol. The molecule has 1 aromatic heterocycles. The zero-order valence-corrected chi connectivity index (χ0v) is 19.6. The van der Waals surface area contributed by atoms with E-state index in [-0.39, 0.29) is 11.8 Å². The molecule has 2 amide bonds. The summed E-state index contributed by atoms with van der Waals surface area (Å²) in [5, 5.41) is 4.43. The van der Waals surface area contributed by atoms with Gasteiger partial charge in [0.25, 0.3) is 11.8 Å². The molecule has 0 radical (unpaired) electrons. The van der Waals surface area contributed by atoms with Crippen molar-refractivity contribution in [1.29, 1.82) is 0 Å². The number of nitrogens with one attached hydrogen (secondary N) is 1. The van der Waals surface area contributed by atoms with Gasteiger partial charge in [-0.1, -0.05) is 29.8 Å². The van der Waals surface area contributed by atoms with Crippen molar-refractivity contribution < 1.29 is 14.0 Å². The van der Waals surface area contributed by atoms with Gasteiger partial charge in [-0.25, -0.2) is 5.43 Å². The summed E-state index contributed by atoms with van der Waals surface area (Å²) in [4.78, 5) is 27.7. The van der Waals surface area contributed by atoms with E-state index >= 15 is 0 Å². The van der Waals surface area contributed by atoms with Crippen molar-refractivity contribution in [2.45, 2.75) is 47.0 Å². The molecule has 0 saturated heterocycles. The summed E-state index contributed by atoms with van der Waals surface area (Å²) in [6.07, 6.45) is 2.30. The normalized spacial score (nSPS) is 14.1. The van der Waals surface area contributed by atoms with Crippen molar-refractivity contribution in [1.82, 2.24) is 5.43 Å². The van der Waals surface area contributed by atoms with Gasteiger partial charge in [-0.2, -0.15) is 5.10 Å². The summed E-state index contributed by atoms with van der Waals surface area (Å²) in [6.45, 7) is 8.32. The summed E-state index contributed by atoms with van der Waals surface area (Å²) < 4.78 is 6.09. The van der Waals surface area contributed by atoms with Crippen LogP contribution in [0.2, 0.25) is 0 Å². The van der Waals surface area contributed by atoms with Crippen LogP contribution in [0.5, 0.6) is 0 Å². The van der Waals surface area contributed by atoms with Gasteiger partial charge in [0.15, 0.2) is 5.76 Å². The molecule has 0 spiro atoms. The largest absolute Gasteiger partial charge is 0.455 e. The minimum absolute atomic E-state index is 0.168. The Labute approximate surface area is 194 Å². The van der Waals surface area contributed by atoms with Crippen molar-refractivity contribution in [2.75, 3.05) is 11.4 Å². The highest BCUT2D eigenvalue weighted by Gasteiger charge is 2.30. The topological polar surface area (TPSA) is 74.9 Å². The van der Waals surface area contributed by atoms with Gasteiger partial charge >= 0.3 is 0 Å². The first-order valence-electron chi connectivity index (χ1n) is 11.3. The lowest BCUT2D eigenvalue weighted by Crippen LogP contribution is -2.31. The van der Waals surface area contributed by atoms with Gasteiger partial charge < -0.3 is 9.32 Å². The summed E-state index contributed by atoms with van der Waals surface area (Å²) in [5.41, 5.74) is 8.54. The molecule has 6 heteroatoms. The van der Waals surface area contributed by atoms with Gasteiger partial charge in [0.05, 0.1) is 5.71 Å². The second-order valence-corrected chi connectivity index (χ2v) is 8.47. The first-order chi connectivity index (χ1) is 15.9. The fourth-order valence-electron chi connectivity index (χ4n) is 4.32. The number of carbonyl (C=O) groups is 2. The van der Waals surface area contributed by atoms with E-state index in [4.69, 9.17) is 4.42 Å². The van der Waals surface area contributed by atoms with Gasteiger partial charge in [0.2, 0.25) is 0 Å². The highest BCUT2D eigenvalue weighted by atomic mass is 16.4. The number of hydrogen-bond donors (Lipinski definition) is 1. The van der Waals surface area contributed by atoms with Crippen molar-refractivity contribution in [2.24, 2.45) is 5.10 Å². The lowest BCUT2D eigenvalue weighted by Gasteiger charge is -2.20. The van der Waals surface area contributed by atoms with Crippen LogP contribution >= 0.6 is 0 Å². The number of furan rings is 1. The Morgan fingerprint density at radius 3 is 2.45 bits per heavy atom. The molecule has 0 atom stereocenters. The van der Waals surface area contributed by atoms with Crippen LogP contribution in [0.25, 0.3) is 0 Å². The first-order valence-corrected chi connectivity index (χ1v) is 11.3. The number of benzene rings is 2. The molecule has 1 heterocycles. The molecule has 4 rings (SSSR count). The molecule has 0 fully saturated rings. The van der Waals surface area contributed by atoms with Crippen molar-refractivity contribution >= 4 is 23.2 Å². The van der Waals surface area contributed by atoms with Crippen LogP contribution in [0.1, 0.15) is 68.7 Å². The molecule has 0 bridgehead atoms. The van der Waals surface area contributed by atoms with Gasteiger partial charge in [0.1, 0.15) is 5.76 Å². The average Bonchev–Trinajstić information content (AvgIpc) is 3.15. The molecule has 2 aromatic carbocycles. The Balaban J connectivity index is 1.62. The maximum absolute atomic E-state index is 13.4. The second kappa shape index (κ2) is 9.45. The highest BCUT2D eigenvalue weighted by Crippen LogP contribution is 2.31. The lowest BCUT2D eigenvalue weighted by molar-refractivity contribution is 0.0949. The maximum Gasteiger partial charge on any atom is 0.294 e. The first kappa shape index (κ1) is 22.5. The molecule has 3 aromatic rings. The third kappa shape index (κ3) is 4.60. The smallest absolute Gasteiger partial charge is 0.294 e. The lowest BCUT2D eigenvalue weighted by atomic mass is 9.93. The number of amides is 2. The Kier molecular flexibility index (Phi) is 6.45. The van der Waals surface area contributed by atoms with Gasteiger partial charge in [0, 0.05) is 35.3 Å². The minimum atomic E-state index is -0.257. The third-order valence-corrected chi connectivity index (χ3v) is 5.97. The second-order valence-electron chi connectivity index (χ2n) is 8.47. The zero-order chi connectivity index (χ0) is 23.5. The summed E-state index contributed by atoms with van der Waals surface area (Å²) >= 11 is 0. The zero-order valence-electron chi connectivity index (χ0n) is 19.6. The van der Waals surface area contributed by atoms with Crippen molar-refractivity contribution in [3.05, 3.63) is 87.9 Å². The van der Waals surface area contributed by atoms with Crippen LogP contribution in [0.15, 0.2) is 58.0 Å². The number of rotatable bonds is 5. The Morgan fingerprint density at radius 1 is 1.03 bits per heavy atom. The monoisotopic (exact) mass is 443 g/mol. The van der Waals surface area contributed by atoms with Crippen molar-refractivity contribution in [3.63, 3.8) is 0 Å². The minimum Gasteiger partial charge on any atom is -0.455 e. The number of anilines is 1. The van der Waals surface area contributed by atoms with E-state index in [9.17, 15) is 9.59 Å². The van der Waals surface area contributed by atoms with Crippen LogP contribution in [0, 0.1) is 20.8 Å². The number of fused-ring (bicyclic) bond motifs is 1. The van der Waals surface area contributed by atoms with E-state index in [1.807, 2.05) is 70.2 Å². The van der Waals surface area contributed by atoms with Crippen LogP contribution in [-0.2, 0) is 6.42 Å². The predicted octanol–water partition coefficient (Wildman–Crippen LogP) is 5.34. The van der Waals surface area contributed by atoms with Gasteiger partial charge in [-0.15, -0.1) is 0 Å². The van der Waals surface area contributed by atoms with E-state index < -0.39 is 0 Å². The average molecular weight is 444 g/mol. The Morgan fingerprint density at radius 2 is 1.76 bits per heavy atom. The van der Waals surface area contributed by atoms with Gasteiger partial charge in [-0.3, -0.25) is 9.59 Å². The highest BCUT2D eigenvalue weighted by molar-refractivity contribution is 6.10. The fraction of sp³-hybridized carbons (Fsp3) is 0.296. The molecule has 0 saturated carbocycles. The Bertz CT molecular complexity index is 1240. The molecule has 170 valence electrons. The molecule has 0 unspecified atom stereocenters. The SMILES string of the molecule is CCN(C(=O)c1oc2c(c1C)/C(=N/NC(=O)c1cccc(C)c1)CCC2)c1cccc(C)c1. The van der Waals surface area contributed by atoms with Crippen LogP contribution in [0.4, 0.5) is 5.69 Å². The molecule has 6 nitrogen and oxygen atoms in total. The number of carbonyl (C=O) groups excluding carboxylic acids is 2. The Hall–Kier alpha value is -3.67. The summed E-state index contributed by atoms with van der Waals surface area (Å²) in [6, 6.07) is 15.3. The maximum atomic E-state index is 13.4. The molecule has 33 heavy (non-hydrogen) atoms. The number of hydrogen-bond acceptors (Lipinski definition) is 4. The van der Waals surface area contributed by atoms with Crippen LogP contribution in [-0.4, -0.2) is 24.1 Å². The molecular weight excluding hydrogens is 414 g/mol. The standard InChI is InChI=1S/C27H29N3O3/c1-5-30(21-12-7-10-18(3)16-21)27(32)25-19(4)24-22(13-8-14-23(24)33-25)28-29-26(31)20-11-6-9-17(2)15-20/h6-7,9-12,15-16H,5,8,13-14H2,1-4H3,(H,29,31)/b28-22+. The van der Waals surface area contributed by atoms with E-state index in [1.54, 1.807) is 11.0 Å². The molecule has 1 aliphatic rings.